The van der Waals surface area contributed by atoms with Gasteiger partial charge in [-0.25, -0.2) is 0 Å². The molecule has 0 bridgehead atoms. The van der Waals surface area contributed by atoms with Crippen LogP contribution >= 0.6 is 15.9 Å². The fraction of sp³-hybridized carbons (Fsp3) is 0.462. The number of ether oxygens (including phenoxy) is 2. The average Bonchev–Trinajstić information content (AvgIpc) is 2.41. The van der Waals surface area contributed by atoms with Gasteiger partial charge in [-0.05, 0) is 35.0 Å². The molecular formula is C13H16BrNO3. The van der Waals surface area contributed by atoms with Crippen LogP contribution in [0.25, 0.3) is 0 Å². The molecule has 0 radical (unpaired) electrons. The first-order chi connectivity index (χ1) is 8.68. The lowest BCUT2D eigenvalue weighted by Gasteiger charge is -2.29. The van der Waals surface area contributed by atoms with Crippen LogP contribution in [0.15, 0.2) is 28.7 Å². The SMILES string of the molecule is C[C@@H](Oc1ccccc1Br)C(=O)N1CCOCC1. The molecule has 0 aliphatic carbocycles. The highest BCUT2D eigenvalue weighted by Crippen LogP contribution is 2.25. The second-order valence-electron chi connectivity index (χ2n) is 4.13. The van der Waals surface area contributed by atoms with Gasteiger partial charge < -0.3 is 14.4 Å². The van der Waals surface area contributed by atoms with E-state index in [-0.39, 0.29) is 5.91 Å². The second-order valence-corrected chi connectivity index (χ2v) is 4.98. The first-order valence-electron chi connectivity index (χ1n) is 5.96. The largest absolute Gasteiger partial charge is 0.480 e. The maximum atomic E-state index is 12.1. The summed E-state index contributed by atoms with van der Waals surface area (Å²) in [5.74, 6) is 0.695. The van der Waals surface area contributed by atoms with Gasteiger partial charge in [0.15, 0.2) is 6.10 Å². The molecule has 1 saturated heterocycles. The van der Waals surface area contributed by atoms with Gasteiger partial charge in [-0.3, -0.25) is 4.79 Å². The van der Waals surface area contributed by atoms with Gasteiger partial charge in [-0.2, -0.15) is 0 Å². The van der Waals surface area contributed by atoms with Crippen molar-refractivity contribution in [1.82, 2.24) is 4.90 Å². The van der Waals surface area contributed by atoms with Crippen LogP contribution in [0.5, 0.6) is 5.75 Å². The Kier molecular flexibility index (Phi) is 4.60. The van der Waals surface area contributed by atoms with E-state index in [1.165, 1.54) is 0 Å². The second kappa shape index (κ2) is 6.20. The number of carbonyl (C=O) groups is 1. The van der Waals surface area contributed by atoms with Crippen LogP contribution in [0.1, 0.15) is 6.92 Å². The Morgan fingerprint density at radius 2 is 2.06 bits per heavy atom. The van der Waals surface area contributed by atoms with Crippen LogP contribution in [0.3, 0.4) is 0 Å². The minimum absolute atomic E-state index is 0.00838. The van der Waals surface area contributed by atoms with Gasteiger partial charge in [0.05, 0.1) is 17.7 Å². The number of hydrogen-bond donors (Lipinski definition) is 0. The summed E-state index contributed by atoms with van der Waals surface area (Å²) in [5, 5.41) is 0. The van der Waals surface area contributed by atoms with Crippen LogP contribution in [-0.2, 0) is 9.53 Å². The molecule has 1 heterocycles. The molecule has 1 aliphatic rings. The van der Waals surface area contributed by atoms with E-state index in [0.29, 0.717) is 32.1 Å². The highest BCUT2D eigenvalue weighted by molar-refractivity contribution is 9.10. The third-order valence-corrected chi connectivity index (χ3v) is 3.47. The zero-order valence-electron chi connectivity index (χ0n) is 10.3. The predicted molar refractivity (Wildman–Crippen MR) is 71.6 cm³/mol. The summed E-state index contributed by atoms with van der Waals surface area (Å²) in [6.45, 7) is 4.27. The first kappa shape index (κ1) is 13.4. The lowest BCUT2D eigenvalue weighted by atomic mass is 10.3. The van der Waals surface area contributed by atoms with E-state index in [9.17, 15) is 4.79 Å². The zero-order valence-corrected chi connectivity index (χ0v) is 11.9. The molecule has 0 aromatic heterocycles. The van der Waals surface area contributed by atoms with E-state index < -0.39 is 6.10 Å². The number of hydrogen-bond acceptors (Lipinski definition) is 3. The van der Waals surface area contributed by atoms with Gasteiger partial charge in [0.1, 0.15) is 5.75 Å². The summed E-state index contributed by atoms with van der Waals surface area (Å²) in [6.07, 6.45) is -0.484. The lowest BCUT2D eigenvalue weighted by Crippen LogP contribution is -2.46. The lowest BCUT2D eigenvalue weighted by molar-refractivity contribution is -0.142. The van der Waals surface area contributed by atoms with E-state index in [1.807, 2.05) is 24.3 Å². The third-order valence-electron chi connectivity index (χ3n) is 2.81. The van der Waals surface area contributed by atoms with Gasteiger partial charge in [-0.1, -0.05) is 12.1 Å². The van der Waals surface area contributed by atoms with Crippen molar-refractivity contribution in [2.24, 2.45) is 0 Å². The summed E-state index contributed by atoms with van der Waals surface area (Å²) in [4.78, 5) is 13.9. The van der Waals surface area contributed by atoms with Crippen molar-refractivity contribution in [2.75, 3.05) is 26.3 Å². The maximum Gasteiger partial charge on any atom is 0.263 e. The normalized spacial score (nSPS) is 17.3. The smallest absolute Gasteiger partial charge is 0.263 e. The Bertz CT molecular complexity index is 418. The molecule has 0 N–H and O–H groups in total. The fourth-order valence-corrected chi connectivity index (χ4v) is 2.20. The number of benzene rings is 1. The summed E-state index contributed by atoms with van der Waals surface area (Å²) < 4.78 is 11.8. The van der Waals surface area contributed by atoms with Crippen molar-refractivity contribution >= 4 is 21.8 Å². The monoisotopic (exact) mass is 313 g/mol. The zero-order chi connectivity index (χ0) is 13.0. The van der Waals surface area contributed by atoms with Crippen LogP contribution in [0, 0.1) is 0 Å². The molecular weight excluding hydrogens is 298 g/mol. The van der Waals surface area contributed by atoms with Gasteiger partial charge in [0.25, 0.3) is 5.91 Å². The molecule has 2 rings (SSSR count). The number of nitrogens with zero attached hydrogens (tertiary/aromatic N) is 1. The topological polar surface area (TPSA) is 38.8 Å². The van der Waals surface area contributed by atoms with Crippen molar-refractivity contribution in [1.29, 1.82) is 0 Å². The van der Waals surface area contributed by atoms with E-state index in [1.54, 1.807) is 11.8 Å². The Labute approximate surface area is 115 Å². The van der Waals surface area contributed by atoms with Gasteiger partial charge in [0.2, 0.25) is 0 Å². The summed E-state index contributed by atoms with van der Waals surface area (Å²) in [6, 6.07) is 7.52. The van der Waals surface area contributed by atoms with E-state index in [2.05, 4.69) is 15.9 Å². The molecule has 1 aliphatic heterocycles. The van der Waals surface area contributed by atoms with Crippen molar-refractivity contribution in [3.63, 3.8) is 0 Å². The molecule has 0 saturated carbocycles. The Hall–Kier alpha value is -1.07. The molecule has 98 valence electrons. The van der Waals surface area contributed by atoms with Crippen LogP contribution in [-0.4, -0.2) is 43.2 Å². The number of halogens is 1. The number of rotatable bonds is 3. The molecule has 4 nitrogen and oxygen atoms in total. The molecule has 0 spiro atoms. The first-order valence-corrected chi connectivity index (χ1v) is 6.75. The quantitative estimate of drug-likeness (QED) is 0.857. The Morgan fingerprint density at radius 1 is 1.39 bits per heavy atom. The number of morpholine rings is 1. The standard InChI is InChI=1S/C13H16BrNO3/c1-10(13(16)15-6-8-17-9-7-15)18-12-5-3-2-4-11(12)14/h2-5,10H,6-9H2,1H3/t10-/m1/s1. The van der Waals surface area contributed by atoms with Crippen LogP contribution in [0.2, 0.25) is 0 Å². The molecule has 1 fully saturated rings. The van der Waals surface area contributed by atoms with Crippen molar-refractivity contribution < 1.29 is 14.3 Å². The fourth-order valence-electron chi connectivity index (χ4n) is 1.82. The van der Waals surface area contributed by atoms with Crippen molar-refractivity contribution in [3.8, 4) is 5.75 Å². The predicted octanol–water partition coefficient (Wildman–Crippen LogP) is 2.08. The Balaban J connectivity index is 1.96. The molecule has 1 aromatic carbocycles. The van der Waals surface area contributed by atoms with Crippen LogP contribution < -0.4 is 4.74 Å². The molecule has 0 unspecified atom stereocenters. The molecule has 18 heavy (non-hydrogen) atoms. The van der Waals surface area contributed by atoms with Crippen molar-refractivity contribution in [2.45, 2.75) is 13.0 Å². The van der Waals surface area contributed by atoms with Crippen LogP contribution in [0.4, 0.5) is 0 Å². The molecule has 1 aromatic rings. The Morgan fingerprint density at radius 3 is 2.72 bits per heavy atom. The van der Waals surface area contributed by atoms with Gasteiger partial charge >= 0.3 is 0 Å². The van der Waals surface area contributed by atoms with Gasteiger partial charge in [-0.15, -0.1) is 0 Å². The molecule has 1 atom stereocenters. The summed E-state index contributed by atoms with van der Waals surface area (Å²) in [7, 11) is 0. The minimum Gasteiger partial charge on any atom is -0.480 e. The maximum absolute atomic E-state index is 12.1. The number of carbonyl (C=O) groups excluding carboxylic acids is 1. The highest BCUT2D eigenvalue weighted by atomic mass is 79.9. The van der Waals surface area contributed by atoms with E-state index >= 15 is 0 Å². The number of amides is 1. The minimum atomic E-state index is -0.484. The van der Waals surface area contributed by atoms with Gasteiger partial charge in [0, 0.05) is 13.1 Å². The van der Waals surface area contributed by atoms with E-state index in [0.717, 1.165) is 4.47 Å². The third kappa shape index (κ3) is 3.23. The van der Waals surface area contributed by atoms with Crippen molar-refractivity contribution in [3.05, 3.63) is 28.7 Å². The summed E-state index contributed by atoms with van der Waals surface area (Å²) in [5.41, 5.74) is 0. The average molecular weight is 314 g/mol. The summed E-state index contributed by atoms with van der Waals surface area (Å²) >= 11 is 3.40. The molecule has 5 heteroatoms. The van der Waals surface area contributed by atoms with E-state index in [4.69, 9.17) is 9.47 Å². The molecule has 1 amide bonds. The highest BCUT2D eigenvalue weighted by Gasteiger charge is 2.24. The number of para-hydroxylation sites is 1.